The van der Waals surface area contributed by atoms with E-state index in [4.69, 9.17) is 18.9 Å². The van der Waals surface area contributed by atoms with Crippen LogP contribution in [-0.4, -0.2) is 50.9 Å². The molecule has 9 aliphatic rings. The van der Waals surface area contributed by atoms with E-state index in [0.717, 1.165) is 6.42 Å². The summed E-state index contributed by atoms with van der Waals surface area (Å²) in [7, 11) is 2.67. The summed E-state index contributed by atoms with van der Waals surface area (Å²) in [6, 6.07) is 0. The summed E-state index contributed by atoms with van der Waals surface area (Å²) in [5.74, 6) is -1.45. The maximum atomic E-state index is 14.4. The predicted octanol–water partition coefficient (Wildman–Crippen LogP) is 1.91. The van der Waals surface area contributed by atoms with E-state index < -0.39 is 40.4 Å². The van der Waals surface area contributed by atoms with Gasteiger partial charge in [-0.05, 0) is 30.1 Å². The number of ketones is 1. The number of Topliss-reactive ketones (excluding diaryl/α,β-unsaturated/α-hetero) is 1. The van der Waals surface area contributed by atoms with Crippen molar-refractivity contribution in [2.45, 2.75) is 26.1 Å². The molecular formula is C26H28O7. The number of fused-ring (bicyclic) bond motifs is 2. The first-order valence-electron chi connectivity index (χ1n) is 12.2. The summed E-state index contributed by atoms with van der Waals surface area (Å²) in [5, 5.41) is 0. The summed E-state index contributed by atoms with van der Waals surface area (Å²) in [6.45, 7) is 5.37. The second-order valence-electron chi connectivity index (χ2n) is 12.3. The first kappa shape index (κ1) is 19.3. The third-order valence-corrected chi connectivity index (χ3v) is 11.2. The van der Waals surface area contributed by atoms with Gasteiger partial charge in [0.05, 0.1) is 49.4 Å². The van der Waals surface area contributed by atoms with Gasteiger partial charge in [-0.25, -0.2) is 9.59 Å². The standard InChI is InChI=1S/C26H28O7/c1-23(2)8-32-26(33-9-23)17-11-7-10-14(17)20(27)24-12-5-6-13(25(24,26)19(11)18(10)24)16(22(29)31-4)15(12)21(28)30-3/h5-6,10-14,17-19H,7-9H2,1-4H3/t10-,11+,12+,13-,14-,17+,18+,19-,24-,25-/m0/s1. The van der Waals surface area contributed by atoms with E-state index >= 15 is 0 Å². The van der Waals surface area contributed by atoms with Crippen molar-refractivity contribution in [2.75, 3.05) is 27.4 Å². The lowest BCUT2D eigenvalue weighted by atomic mass is 9.27. The van der Waals surface area contributed by atoms with Crippen molar-refractivity contribution in [3.8, 4) is 0 Å². The highest BCUT2D eigenvalue weighted by Gasteiger charge is 3.03. The minimum Gasteiger partial charge on any atom is -0.466 e. The maximum absolute atomic E-state index is 14.4. The molecule has 3 spiro atoms. The summed E-state index contributed by atoms with van der Waals surface area (Å²) in [6.07, 6.45) is 5.06. The zero-order valence-corrected chi connectivity index (χ0v) is 19.3. The molecule has 0 unspecified atom stereocenters. The Balaban J connectivity index is 1.45. The quantitative estimate of drug-likeness (QED) is 0.467. The number of methoxy groups -OCH3 is 2. The van der Waals surface area contributed by atoms with Crippen molar-refractivity contribution in [2.24, 2.45) is 63.6 Å². The highest BCUT2D eigenvalue weighted by molar-refractivity contribution is 6.07. The van der Waals surface area contributed by atoms with Crippen LogP contribution in [0.2, 0.25) is 0 Å². The number of hydrogen-bond donors (Lipinski definition) is 0. The topological polar surface area (TPSA) is 88.1 Å². The fourth-order valence-corrected chi connectivity index (χ4v) is 11.0. The van der Waals surface area contributed by atoms with Gasteiger partial charge in [0.25, 0.3) is 0 Å². The largest absolute Gasteiger partial charge is 0.466 e. The van der Waals surface area contributed by atoms with Crippen LogP contribution in [0.5, 0.6) is 0 Å². The van der Waals surface area contributed by atoms with Crippen LogP contribution < -0.4 is 0 Å². The monoisotopic (exact) mass is 452 g/mol. The molecule has 7 nitrogen and oxygen atoms in total. The number of esters is 2. The van der Waals surface area contributed by atoms with Gasteiger partial charge < -0.3 is 18.9 Å². The summed E-state index contributed by atoms with van der Waals surface area (Å²) < 4.78 is 24.1. The summed E-state index contributed by atoms with van der Waals surface area (Å²) in [4.78, 5) is 40.7. The lowest BCUT2D eigenvalue weighted by Gasteiger charge is -2.76. The van der Waals surface area contributed by atoms with Crippen molar-refractivity contribution in [3.63, 3.8) is 0 Å². The van der Waals surface area contributed by atoms with Crippen molar-refractivity contribution >= 4 is 17.7 Å². The van der Waals surface area contributed by atoms with Gasteiger partial charge in [-0.3, -0.25) is 4.79 Å². The average Bonchev–Trinajstić information content (AvgIpc) is 3.35. The van der Waals surface area contributed by atoms with Gasteiger partial charge in [-0.1, -0.05) is 26.0 Å². The molecule has 174 valence electrons. The van der Waals surface area contributed by atoms with Crippen LogP contribution in [0.15, 0.2) is 23.3 Å². The third-order valence-electron chi connectivity index (χ3n) is 11.2. The summed E-state index contributed by atoms with van der Waals surface area (Å²) >= 11 is 0. The van der Waals surface area contributed by atoms with Crippen LogP contribution in [0.4, 0.5) is 0 Å². The molecule has 9 rings (SSSR count). The maximum Gasteiger partial charge on any atom is 0.334 e. The van der Waals surface area contributed by atoms with Crippen molar-refractivity contribution in [3.05, 3.63) is 23.3 Å². The summed E-state index contributed by atoms with van der Waals surface area (Å²) in [5.41, 5.74) is -0.868. The minimum atomic E-state index is -0.896. The fourth-order valence-electron chi connectivity index (χ4n) is 11.0. The van der Waals surface area contributed by atoms with E-state index in [1.807, 2.05) is 12.2 Å². The third kappa shape index (κ3) is 1.46. The Hall–Kier alpha value is -1.99. The molecule has 0 amide bonds. The van der Waals surface area contributed by atoms with E-state index in [0.29, 0.717) is 36.2 Å². The lowest BCUT2D eigenvalue weighted by Crippen LogP contribution is -2.82. The van der Waals surface area contributed by atoms with Crippen LogP contribution in [0.3, 0.4) is 0 Å². The second kappa shape index (κ2) is 5.15. The average molecular weight is 453 g/mol. The molecule has 0 aromatic heterocycles. The van der Waals surface area contributed by atoms with Gasteiger partial charge in [0.2, 0.25) is 0 Å². The van der Waals surface area contributed by atoms with Gasteiger partial charge in [-0.15, -0.1) is 0 Å². The van der Waals surface area contributed by atoms with Gasteiger partial charge in [0.15, 0.2) is 5.79 Å². The number of rotatable bonds is 2. The van der Waals surface area contributed by atoms with Gasteiger partial charge in [0.1, 0.15) is 5.78 Å². The molecule has 0 radical (unpaired) electrons. The Morgan fingerprint density at radius 2 is 1.52 bits per heavy atom. The van der Waals surface area contributed by atoms with E-state index in [2.05, 4.69) is 13.8 Å². The minimum absolute atomic E-state index is 0.0381. The van der Waals surface area contributed by atoms with Gasteiger partial charge >= 0.3 is 11.9 Å². The SMILES string of the molecule is COC(=O)C1=C(C(=O)OC)[C@@H]2C=C[C@H]1[C@]13C(=O)[C@H]4[C@@H]5C[C@@H]6[C@H]4C4(OCC(C)(C)CO4)[C@]21[C@@H]6[C@@H]53. The normalized spacial score (nSPS) is 53.6. The molecule has 0 N–H and O–H groups in total. The Bertz CT molecular complexity index is 1140. The first-order chi connectivity index (χ1) is 15.7. The number of carbonyl (C=O) groups is 3. The second-order valence-corrected chi connectivity index (χ2v) is 12.3. The number of ether oxygens (including phenoxy) is 4. The fraction of sp³-hybridized carbons (Fsp3) is 0.731. The van der Waals surface area contributed by atoms with Crippen LogP contribution in [0, 0.1) is 63.6 Å². The molecule has 33 heavy (non-hydrogen) atoms. The van der Waals surface area contributed by atoms with Gasteiger partial charge in [-0.2, -0.15) is 0 Å². The first-order valence-corrected chi connectivity index (χ1v) is 12.2. The molecule has 4 bridgehead atoms. The van der Waals surface area contributed by atoms with Gasteiger partial charge in [0, 0.05) is 29.1 Å². The molecule has 8 aliphatic carbocycles. The molecule has 1 heterocycles. The Morgan fingerprint density at radius 1 is 0.909 bits per heavy atom. The van der Waals surface area contributed by atoms with Crippen molar-refractivity contribution in [1.29, 1.82) is 0 Å². The Morgan fingerprint density at radius 3 is 2.15 bits per heavy atom. The predicted molar refractivity (Wildman–Crippen MR) is 111 cm³/mol. The van der Waals surface area contributed by atoms with E-state index in [1.165, 1.54) is 14.2 Å². The van der Waals surface area contributed by atoms with Crippen molar-refractivity contribution < 1.29 is 33.3 Å². The highest BCUT2D eigenvalue weighted by atomic mass is 16.7. The zero-order valence-electron chi connectivity index (χ0n) is 19.3. The van der Waals surface area contributed by atoms with Crippen LogP contribution in [0.1, 0.15) is 20.3 Å². The molecule has 0 aromatic carbocycles. The molecule has 7 heteroatoms. The number of hydrogen-bond acceptors (Lipinski definition) is 7. The van der Waals surface area contributed by atoms with Crippen molar-refractivity contribution in [1.82, 2.24) is 0 Å². The van der Waals surface area contributed by atoms with E-state index in [9.17, 15) is 14.4 Å². The molecule has 10 atom stereocenters. The molecule has 5 saturated carbocycles. The van der Waals surface area contributed by atoms with E-state index in [-0.39, 0.29) is 34.9 Å². The molecule has 1 aliphatic heterocycles. The molecular weight excluding hydrogens is 424 g/mol. The van der Waals surface area contributed by atoms with Crippen LogP contribution >= 0.6 is 0 Å². The lowest BCUT2D eigenvalue weighted by molar-refractivity contribution is -0.416. The number of allylic oxidation sites excluding steroid dienone is 2. The Kier molecular flexibility index (Phi) is 3.02. The van der Waals surface area contributed by atoms with Crippen LogP contribution in [0.25, 0.3) is 0 Å². The van der Waals surface area contributed by atoms with E-state index in [1.54, 1.807) is 0 Å². The molecule has 0 aromatic rings. The molecule has 6 fully saturated rings. The Labute approximate surface area is 191 Å². The smallest absolute Gasteiger partial charge is 0.334 e. The highest BCUT2D eigenvalue weighted by Crippen LogP contribution is 2.99. The van der Waals surface area contributed by atoms with Crippen LogP contribution in [-0.2, 0) is 33.3 Å². The molecule has 1 saturated heterocycles. The zero-order chi connectivity index (χ0) is 22.9. The number of carbonyl (C=O) groups excluding carboxylic acids is 3.